The van der Waals surface area contributed by atoms with E-state index in [0.717, 1.165) is 23.6 Å². The molecule has 4 aromatic carbocycles. The Morgan fingerprint density at radius 2 is 1.27 bits per heavy atom. The number of carbonyl (C=O) groups is 3. The number of methoxy groups -OCH3 is 3. The fourth-order valence-electron chi connectivity index (χ4n) is 7.43. The first kappa shape index (κ1) is 45.1. The molecular weight excluding hydrogens is 785 g/mol. The Bertz CT molecular complexity index is 2050. The summed E-state index contributed by atoms with van der Waals surface area (Å²) in [4.78, 5) is 39.5. The van der Waals surface area contributed by atoms with E-state index in [1.165, 1.54) is 26.0 Å². The minimum atomic E-state index is -1.79. The molecule has 11 nitrogen and oxygen atoms in total. The maximum absolute atomic E-state index is 13.6. The monoisotopic (exact) mass is 842 g/mol. The lowest BCUT2D eigenvalue weighted by atomic mass is 9.82. The van der Waals surface area contributed by atoms with Gasteiger partial charge in [-0.1, -0.05) is 68.3 Å². The third-order valence-corrected chi connectivity index (χ3v) is 17.9. The average Bonchev–Trinajstić information content (AvgIpc) is 3.24. The highest BCUT2D eigenvalue weighted by Gasteiger charge is 2.40. The van der Waals surface area contributed by atoms with Crippen LogP contribution in [0.15, 0.2) is 78.9 Å². The molecule has 0 unspecified atom stereocenters. The van der Waals surface area contributed by atoms with Gasteiger partial charge in [-0.2, -0.15) is 0 Å². The summed E-state index contributed by atoms with van der Waals surface area (Å²) in [5.74, 6) is -0.219. The van der Waals surface area contributed by atoms with Gasteiger partial charge >= 0.3 is 17.9 Å². The summed E-state index contributed by atoms with van der Waals surface area (Å²) >= 11 is 0. The molecule has 1 aliphatic rings. The summed E-state index contributed by atoms with van der Waals surface area (Å²) in [5, 5.41) is 1.05. The molecule has 0 bridgehead atoms. The van der Waals surface area contributed by atoms with Crippen molar-refractivity contribution in [3.63, 3.8) is 0 Å². The molecule has 0 spiro atoms. The zero-order chi connectivity index (χ0) is 42.6. The zero-order valence-electron chi connectivity index (χ0n) is 35.6. The van der Waals surface area contributed by atoms with Gasteiger partial charge in [-0.15, -0.1) is 0 Å². The lowest BCUT2D eigenvalue weighted by Crippen LogP contribution is -2.44. The maximum atomic E-state index is 13.6. The molecule has 0 aliphatic carbocycles. The predicted molar refractivity (Wildman–Crippen MR) is 234 cm³/mol. The molecule has 0 saturated carbocycles. The summed E-state index contributed by atoms with van der Waals surface area (Å²) < 4.78 is 46.8. The van der Waals surface area contributed by atoms with Gasteiger partial charge in [0.1, 0.15) is 29.4 Å². The lowest BCUT2D eigenvalue weighted by Gasteiger charge is -2.37. The van der Waals surface area contributed by atoms with E-state index in [1.807, 2.05) is 66.7 Å². The van der Waals surface area contributed by atoms with Crippen molar-refractivity contribution in [1.29, 1.82) is 0 Å². The molecule has 0 atom stereocenters. The smallest absolute Gasteiger partial charge is 0.342 e. The number of hydrogen-bond donors (Lipinski definition) is 0. The number of fused-ring (bicyclic) bond motifs is 3. The minimum Gasteiger partial charge on any atom is -0.497 e. The van der Waals surface area contributed by atoms with Crippen molar-refractivity contribution in [2.75, 3.05) is 41.2 Å². The summed E-state index contributed by atoms with van der Waals surface area (Å²) in [5.41, 5.74) is 0.871. The van der Waals surface area contributed by atoms with E-state index in [4.69, 9.17) is 37.3 Å². The van der Waals surface area contributed by atoms with Crippen LogP contribution in [0.4, 0.5) is 0 Å². The number of carbonyl (C=O) groups excluding carboxylic acids is 3. The Balaban J connectivity index is 1.27. The molecule has 0 amide bonds. The Labute approximate surface area is 350 Å². The molecule has 1 heterocycles. The molecule has 5 rings (SSSR count). The number of esters is 3. The van der Waals surface area contributed by atoms with Crippen LogP contribution in [0.3, 0.4) is 0 Å². The van der Waals surface area contributed by atoms with Gasteiger partial charge < -0.3 is 37.3 Å². The molecule has 0 radical (unpaired) electrons. The second-order valence-corrected chi connectivity index (χ2v) is 24.6. The first-order valence-corrected chi connectivity index (χ1v) is 26.5. The molecule has 59 heavy (non-hydrogen) atoms. The van der Waals surface area contributed by atoms with Crippen molar-refractivity contribution in [2.24, 2.45) is 0 Å². The fourth-order valence-corrected chi connectivity index (χ4v) is 16.4. The molecule has 0 fully saturated rings. The van der Waals surface area contributed by atoms with Crippen molar-refractivity contribution >= 4 is 51.4 Å². The second kappa shape index (κ2) is 20.3. The predicted octanol–water partition coefficient (Wildman–Crippen LogP) is 9.86. The zero-order valence-corrected chi connectivity index (χ0v) is 37.6. The van der Waals surface area contributed by atoms with Crippen LogP contribution < -0.4 is 18.9 Å². The molecule has 1 aliphatic heterocycles. The minimum absolute atomic E-state index is 0.0103. The van der Waals surface area contributed by atoms with Gasteiger partial charge in [0, 0.05) is 34.1 Å². The molecule has 0 aromatic heterocycles. The van der Waals surface area contributed by atoms with Crippen LogP contribution in [0.25, 0.3) is 16.8 Å². The van der Waals surface area contributed by atoms with Gasteiger partial charge in [-0.3, -0.25) is 9.59 Å². The van der Waals surface area contributed by atoms with Crippen molar-refractivity contribution in [2.45, 2.75) is 82.9 Å². The molecule has 0 N–H and O–H groups in total. The van der Waals surface area contributed by atoms with E-state index in [9.17, 15) is 14.4 Å². The Morgan fingerprint density at radius 3 is 1.85 bits per heavy atom. The molecular formula is C46H58O11Si2. The standard InChI is InChI=1S/C46H58O11Si2/c1-9-10-31-58(5,6)57-59(7,8)32-13-28-53-29-30-54-40(47)24-25-41(48)55-44-38-15-12-11-14-37(38)43-39(42(44)45(49)52-4)26-27-46(56-43,33-16-20-35(50-2)21-17-33)34-18-22-36(51-3)23-19-34/h11-12,14-23,26-27H,9-10,13,24-25,28-32H2,1-8H3. The van der Waals surface area contributed by atoms with E-state index in [-0.39, 0.29) is 37.4 Å². The van der Waals surface area contributed by atoms with E-state index < -0.39 is 40.1 Å². The van der Waals surface area contributed by atoms with Crippen LogP contribution in [0, 0.1) is 0 Å². The van der Waals surface area contributed by atoms with Crippen molar-refractivity contribution in [1.82, 2.24) is 0 Å². The average molecular weight is 843 g/mol. The van der Waals surface area contributed by atoms with Crippen LogP contribution in [-0.2, 0) is 33.5 Å². The van der Waals surface area contributed by atoms with Gasteiger partial charge in [0.25, 0.3) is 0 Å². The van der Waals surface area contributed by atoms with Crippen LogP contribution in [0.5, 0.6) is 23.0 Å². The summed E-state index contributed by atoms with van der Waals surface area (Å²) in [6.45, 7) is 12.3. The summed E-state index contributed by atoms with van der Waals surface area (Å²) in [6.07, 6.45) is 6.45. The van der Waals surface area contributed by atoms with E-state index in [0.29, 0.717) is 40.2 Å². The Morgan fingerprint density at radius 1 is 0.695 bits per heavy atom. The number of benzene rings is 4. The summed E-state index contributed by atoms with van der Waals surface area (Å²) in [6, 6.07) is 24.5. The van der Waals surface area contributed by atoms with E-state index in [1.54, 1.807) is 32.4 Å². The quantitative estimate of drug-likeness (QED) is 0.0345. The Kier molecular flexibility index (Phi) is 15.6. The number of rotatable bonds is 21. The van der Waals surface area contributed by atoms with Gasteiger partial charge in [-0.05, 0) is 81.1 Å². The number of ether oxygens (including phenoxy) is 7. The summed E-state index contributed by atoms with van der Waals surface area (Å²) in [7, 11) is 1.03. The van der Waals surface area contributed by atoms with Gasteiger partial charge in [-0.25, -0.2) is 4.79 Å². The molecule has 0 saturated heterocycles. The van der Waals surface area contributed by atoms with Crippen molar-refractivity contribution < 1.29 is 51.7 Å². The maximum Gasteiger partial charge on any atom is 0.342 e. The SMILES string of the molecule is CCCC[Si](C)(C)O[Si](C)(C)CCCOCCOC(=O)CCC(=O)Oc1c(C(=O)OC)c2c(c3ccccc13)OC(c1ccc(OC)cc1)(c1ccc(OC)cc1)C=C2. The second-order valence-electron chi connectivity index (χ2n) is 15.7. The van der Waals surface area contributed by atoms with Crippen LogP contribution in [0.1, 0.15) is 66.1 Å². The van der Waals surface area contributed by atoms with Gasteiger partial charge in [0.2, 0.25) is 0 Å². The molecule has 13 heteroatoms. The highest BCUT2D eigenvalue weighted by molar-refractivity contribution is 6.84. The van der Waals surface area contributed by atoms with Crippen LogP contribution >= 0.6 is 0 Å². The molecule has 4 aromatic rings. The van der Waals surface area contributed by atoms with Crippen LogP contribution in [-0.4, -0.2) is 75.7 Å². The topological polar surface area (TPSA) is 125 Å². The van der Waals surface area contributed by atoms with Crippen LogP contribution in [0.2, 0.25) is 38.3 Å². The molecule has 316 valence electrons. The Hall–Kier alpha value is -4.96. The third-order valence-electron chi connectivity index (χ3n) is 10.3. The van der Waals surface area contributed by atoms with Gasteiger partial charge in [0.15, 0.2) is 28.0 Å². The first-order chi connectivity index (χ1) is 28.3. The number of hydrogen-bond acceptors (Lipinski definition) is 11. The first-order valence-electron chi connectivity index (χ1n) is 20.2. The van der Waals surface area contributed by atoms with E-state index >= 15 is 0 Å². The highest BCUT2D eigenvalue weighted by atomic mass is 28.4. The van der Waals surface area contributed by atoms with Crippen molar-refractivity contribution in [3.05, 3.63) is 101 Å². The lowest BCUT2D eigenvalue weighted by molar-refractivity contribution is -0.148. The highest BCUT2D eigenvalue weighted by Crippen LogP contribution is 2.50. The normalized spacial score (nSPS) is 13.3. The van der Waals surface area contributed by atoms with Gasteiger partial charge in [0.05, 0.1) is 40.8 Å². The number of unbranched alkanes of at least 4 members (excludes halogenated alkanes) is 1. The van der Waals surface area contributed by atoms with E-state index in [2.05, 4.69) is 33.1 Å². The fraction of sp³-hybridized carbons (Fsp3) is 0.413. The largest absolute Gasteiger partial charge is 0.497 e. The third kappa shape index (κ3) is 11.4. The van der Waals surface area contributed by atoms with Crippen molar-refractivity contribution in [3.8, 4) is 23.0 Å².